The molecule has 0 aliphatic rings. The summed E-state index contributed by atoms with van der Waals surface area (Å²) in [7, 11) is 0. The highest BCUT2D eigenvalue weighted by molar-refractivity contribution is 7.09. The Morgan fingerprint density at radius 1 is 1.50 bits per heavy atom. The van der Waals surface area contributed by atoms with Gasteiger partial charge in [-0.1, -0.05) is 11.6 Å². The van der Waals surface area contributed by atoms with Crippen molar-refractivity contribution in [2.45, 2.75) is 12.5 Å². The van der Waals surface area contributed by atoms with Gasteiger partial charge in [0.2, 0.25) is 0 Å². The molecule has 0 saturated heterocycles. The van der Waals surface area contributed by atoms with E-state index in [1.165, 1.54) is 23.5 Å². The first-order chi connectivity index (χ1) is 7.66. The summed E-state index contributed by atoms with van der Waals surface area (Å²) in [6.07, 6.45) is 2.23. The van der Waals surface area contributed by atoms with Gasteiger partial charge >= 0.3 is 0 Å². The molecule has 2 aromatic rings. The van der Waals surface area contributed by atoms with Crippen molar-refractivity contribution in [1.29, 1.82) is 0 Å². The standard InChI is InChI=1S/C11H10ClFN2S/c12-7-1-2-9(13)8(5-7)10(14)6-11-15-3-4-16-11/h1-5,10H,6,14H2. The topological polar surface area (TPSA) is 38.9 Å². The molecule has 0 spiro atoms. The average molecular weight is 257 g/mol. The average Bonchev–Trinajstić information content (AvgIpc) is 2.74. The molecular weight excluding hydrogens is 247 g/mol. The van der Waals surface area contributed by atoms with Gasteiger partial charge in [-0.25, -0.2) is 9.37 Å². The quantitative estimate of drug-likeness (QED) is 0.916. The SMILES string of the molecule is NC(Cc1nccs1)c1cc(Cl)ccc1F. The summed E-state index contributed by atoms with van der Waals surface area (Å²) in [5.74, 6) is -0.326. The zero-order valence-corrected chi connectivity index (χ0v) is 9.93. The van der Waals surface area contributed by atoms with Crippen LogP contribution in [-0.4, -0.2) is 4.98 Å². The van der Waals surface area contributed by atoms with Crippen LogP contribution in [0.15, 0.2) is 29.8 Å². The maximum Gasteiger partial charge on any atom is 0.128 e. The molecule has 0 aliphatic carbocycles. The number of hydrogen-bond donors (Lipinski definition) is 1. The van der Waals surface area contributed by atoms with E-state index in [4.69, 9.17) is 17.3 Å². The highest BCUT2D eigenvalue weighted by Gasteiger charge is 2.13. The Balaban J connectivity index is 2.20. The fourth-order valence-corrected chi connectivity index (χ4v) is 2.31. The summed E-state index contributed by atoms with van der Waals surface area (Å²) in [5.41, 5.74) is 6.36. The van der Waals surface area contributed by atoms with E-state index in [0.29, 0.717) is 17.0 Å². The third-order valence-corrected chi connectivity index (χ3v) is 3.27. The molecule has 1 aromatic carbocycles. The molecule has 0 saturated carbocycles. The number of hydrogen-bond acceptors (Lipinski definition) is 3. The fraction of sp³-hybridized carbons (Fsp3) is 0.182. The second-order valence-electron chi connectivity index (χ2n) is 3.40. The number of aromatic nitrogens is 1. The van der Waals surface area contributed by atoms with Gasteiger partial charge in [-0.15, -0.1) is 11.3 Å². The molecule has 0 radical (unpaired) electrons. The molecule has 0 amide bonds. The van der Waals surface area contributed by atoms with Crippen molar-refractivity contribution < 1.29 is 4.39 Å². The molecular formula is C11H10ClFN2S. The first-order valence-electron chi connectivity index (χ1n) is 4.75. The van der Waals surface area contributed by atoms with E-state index in [-0.39, 0.29) is 5.82 Å². The lowest BCUT2D eigenvalue weighted by molar-refractivity contribution is 0.580. The minimum Gasteiger partial charge on any atom is -0.324 e. The lowest BCUT2D eigenvalue weighted by Gasteiger charge is -2.11. The number of benzene rings is 1. The summed E-state index contributed by atoms with van der Waals surface area (Å²) in [5, 5.41) is 3.26. The minimum absolute atomic E-state index is 0.326. The second kappa shape index (κ2) is 4.91. The molecule has 5 heteroatoms. The molecule has 0 bridgehead atoms. The predicted octanol–water partition coefficient (Wildman–Crippen LogP) is 3.18. The second-order valence-corrected chi connectivity index (χ2v) is 4.82. The maximum absolute atomic E-state index is 13.5. The molecule has 2 N–H and O–H groups in total. The van der Waals surface area contributed by atoms with Gasteiger partial charge in [-0.2, -0.15) is 0 Å². The van der Waals surface area contributed by atoms with Crippen LogP contribution < -0.4 is 5.73 Å². The maximum atomic E-state index is 13.5. The van der Waals surface area contributed by atoms with Gasteiger partial charge in [-0.05, 0) is 18.2 Å². The number of thiazole rings is 1. The number of nitrogens with zero attached hydrogens (tertiary/aromatic N) is 1. The van der Waals surface area contributed by atoms with Crippen molar-refractivity contribution in [2.24, 2.45) is 5.73 Å². The monoisotopic (exact) mass is 256 g/mol. The largest absolute Gasteiger partial charge is 0.324 e. The number of rotatable bonds is 3. The summed E-state index contributed by atoms with van der Waals surface area (Å²) in [6, 6.07) is 4.00. The van der Waals surface area contributed by atoms with Gasteiger partial charge in [0.1, 0.15) is 5.82 Å². The van der Waals surface area contributed by atoms with Crippen molar-refractivity contribution >= 4 is 22.9 Å². The van der Waals surface area contributed by atoms with E-state index in [1.807, 2.05) is 5.38 Å². The Bertz CT molecular complexity index is 473. The predicted molar refractivity (Wildman–Crippen MR) is 64.2 cm³/mol. The summed E-state index contributed by atoms with van der Waals surface area (Å²) < 4.78 is 13.5. The Kier molecular flexibility index (Phi) is 3.53. The van der Waals surface area contributed by atoms with Crippen LogP contribution in [0.25, 0.3) is 0 Å². The first kappa shape index (κ1) is 11.5. The van der Waals surface area contributed by atoms with Gasteiger partial charge in [0.15, 0.2) is 0 Å². The zero-order valence-electron chi connectivity index (χ0n) is 8.36. The van der Waals surface area contributed by atoms with Crippen LogP contribution in [0.3, 0.4) is 0 Å². The van der Waals surface area contributed by atoms with Gasteiger partial charge in [0.05, 0.1) is 5.01 Å². The lowest BCUT2D eigenvalue weighted by Crippen LogP contribution is -2.14. The smallest absolute Gasteiger partial charge is 0.128 e. The van der Waals surface area contributed by atoms with Crippen LogP contribution >= 0.6 is 22.9 Å². The Morgan fingerprint density at radius 2 is 2.31 bits per heavy atom. The molecule has 1 atom stereocenters. The van der Waals surface area contributed by atoms with Crippen LogP contribution in [0.1, 0.15) is 16.6 Å². The van der Waals surface area contributed by atoms with E-state index in [0.717, 1.165) is 5.01 Å². The molecule has 1 unspecified atom stereocenters. The molecule has 2 rings (SSSR count). The Labute approximate surface area is 102 Å². The van der Waals surface area contributed by atoms with E-state index in [1.54, 1.807) is 12.3 Å². The van der Waals surface area contributed by atoms with Crippen molar-refractivity contribution in [2.75, 3.05) is 0 Å². The molecule has 2 nitrogen and oxygen atoms in total. The summed E-state index contributed by atoms with van der Waals surface area (Å²) in [4.78, 5) is 4.12. The van der Waals surface area contributed by atoms with E-state index in [9.17, 15) is 4.39 Å². The highest BCUT2D eigenvalue weighted by Crippen LogP contribution is 2.23. The van der Waals surface area contributed by atoms with Crippen LogP contribution in [0.5, 0.6) is 0 Å². The van der Waals surface area contributed by atoms with Gasteiger partial charge in [0.25, 0.3) is 0 Å². The Morgan fingerprint density at radius 3 is 3.00 bits per heavy atom. The van der Waals surface area contributed by atoms with Gasteiger partial charge in [0, 0.05) is 34.6 Å². The van der Waals surface area contributed by atoms with Crippen LogP contribution in [-0.2, 0) is 6.42 Å². The highest BCUT2D eigenvalue weighted by atomic mass is 35.5. The lowest BCUT2D eigenvalue weighted by atomic mass is 10.0. The van der Waals surface area contributed by atoms with Gasteiger partial charge in [-0.3, -0.25) is 0 Å². The van der Waals surface area contributed by atoms with E-state index < -0.39 is 6.04 Å². The molecule has 0 aliphatic heterocycles. The van der Waals surface area contributed by atoms with E-state index >= 15 is 0 Å². The minimum atomic E-state index is -0.412. The zero-order chi connectivity index (χ0) is 11.5. The molecule has 16 heavy (non-hydrogen) atoms. The molecule has 84 valence electrons. The van der Waals surface area contributed by atoms with Gasteiger partial charge < -0.3 is 5.73 Å². The normalized spacial score (nSPS) is 12.7. The number of halogens is 2. The molecule has 1 aromatic heterocycles. The van der Waals surface area contributed by atoms with Crippen molar-refractivity contribution in [1.82, 2.24) is 4.98 Å². The summed E-state index contributed by atoms with van der Waals surface area (Å²) >= 11 is 7.32. The van der Waals surface area contributed by atoms with Crippen molar-refractivity contribution in [3.63, 3.8) is 0 Å². The summed E-state index contributed by atoms with van der Waals surface area (Å²) in [6.45, 7) is 0. The third-order valence-electron chi connectivity index (χ3n) is 2.24. The number of nitrogens with two attached hydrogens (primary N) is 1. The molecule has 0 fully saturated rings. The third kappa shape index (κ3) is 2.58. The van der Waals surface area contributed by atoms with Crippen LogP contribution in [0, 0.1) is 5.82 Å². The Hall–Kier alpha value is -0.970. The fourth-order valence-electron chi connectivity index (χ4n) is 1.45. The van der Waals surface area contributed by atoms with Crippen LogP contribution in [0.2, 0.25) is 5.02 Å². The van der Waals surface area contributed by atoms with E-state index in [2.05, 4.69) is 4.98 Å². The first-order valence-corrected chi connectivity index (χ1v) is 6.01. The molecule has 1 heterocycles. The van der Waals surface area contributed by atoms with Crippen molar-refractivity contribution in [3.05, 3.63) is 51.2 Å². The van der Waals surface area contributed by atoms with Crippen LogP contribution in [0.4, 0.5) is 4.39 Å². The van der Waals surface area contributed by atoms with Crippen molar-refractivity contribution in [3.8, 4) is 0 Å².